The van der Waals surface area contributed by atoms with Gasteiger partial charge >= 0.3 is 0 Å². The van der Waals surface area contributed by atoms with Crippen LogP contribution in [0.1, 0.15) is 5.56 Å². The SMILES string of the molecule is Cc1cc(-c2ncc3ccccc3n2)ccc1F. The summed E-state index contributed by atoms with van der Waals surface area (Å²) in [4.78, 5) is 8.80. The third-order valence-electron chi connectivity index (χ3n) is 2.91. The molecule has 2 aromatic carbocycles. The van der Waals surface area contributed by atoms with E-state index in [1.165, 1.54) is 6.07 Å². The van der Waals surface area contributed by atoms with E-state index in [9.17, 15) is 4.39 Å². The molecule has 0 bridgehead atoms. The van der Waals surface area contributed by atoms with Gasteiger partial charge in [-0.25, -0.2) is 14.4 Å². The molecular weight excluding hydrogens is 227 g/mol. The van der Waals surface area contributed by atoms with Crippen molar-refractivity contribution >= 4 is 10.9 Å². The van der Waals surface area contributed by atoms with Gasteiger partial charge in [0.2, 0.25) is 0 Å². The number of fused-ring (bicyclic) bond motifs is 1. The van der Waals surface area contributed by atoms with Gasteiger partial charge in [-0.1, -0.05) is 18.2 Å². The first-order chi connectivity index (χ1) is 8.74. The van der Waals surface area contributed by atoms with Crippen LogP contribution < -0.4 is 0 Å². The second-order valence-corrected chi connectivity index (χ2v) is 4.22. The van der Waals surface area contributed by atoms with Gasteiger partial charge in [-0.15, -0.1) is 0 Å². The number of aromatic nitrogens is 2. The number of para-hydroxylation sites is 1. The zero-order valence-electron chi connectivity index (χ0n) is 9.89. The minimum atomic E-state index is -0.209. The predicted octanol–water partition coefficient (Wildman–Crippen LogP) is 3.74. The average Bonchev–Trinajstić information content (AvgIpc) is 2.41. The molecule has 0 amide bonds. The van der Waals surface area contributed by atoms with E-state index >= 15 is 0 Å². The number of nitrogens with zero attached hydrogens (tertiary/aromatic N) is 2. The topological polar surface area (TPSA) is 25.8 Å². The molecule has 3 aromatic rings. The Bertz CT molecular complexity index is 723. The van der Waals surface area contributed by atoms with Crippen molar-refractivity contribution in [2.45, 2.75) is 6.92 Å². The summed E-state index contributed by atoms with van der Waals surface area (Å²) in [6.07, 6.45) is 1.79. The van der Waals surface area contributed by atoms with Crippen LogP contribution in [0.5, 0.6) is 0 Å². The highest BCUT2D eigenvalue weighted by atomic mass is 19.1. The molecule has 0 saturated heterocycles. The number of halogens is 1. The molecule has 1 aromatic heterocycles. The first-order valence-corrected chi connectivity index (χ1v) is 5.72. The number of aryl methyl sites for hydroxylation is 1. The molecular formula is C15H11FN2. The van der Waals surface area contributed by atoms with Crippen molar-refractivity contribution in [3.63, 3.8) is 0 Å². The van der Waals surface area contributed by atoms with E-state index in [4.69, 9.17) is 0 Å². The van der Waals surface area contributed by atoms with Gasteiger partial charge in [-0.05, 0) is 36.8 Å². The average molecular weight is 238 g/mol. The van der Waals surface area contributed by atoms with E-state index in [0.717, 1.165) is 16.5 Å². The molecule has 88 valence electrons. The van der Waals surface area contributed by atoms with Crippen molar-refractivity contribution in [1.82, 2.24) is 9.97 Å². The summed E-state index contributed by atoms with van der Waals surface area (Å²) in [5.41, 5.74) is 2.33. The van der Waals surface area contributed by atoms with Crippen LogP contribution in [0.25, 0.3) is 22.3 Å². The Hall–Kier alpha value is -2.29. The standard InChI is InChI=1S/C15H11FN2/c1-10-8-11(6-7-13(10)16)15-17-9-12-4-2-3-5-14(12)18-15/h2-9H,1H3. The molecule has 0 aliphatic rings. The second kappa shape index (κ2) is 4.18. The fourth-order valence-electron chi connectivity index (χ4n) is 1.90. The van der Waals surface area contributed by atoms with Gasteiger partial charge in [0.05, 0.1) is 5.52 Å². The lowest BCUT2D eigenvalue weighted by molar-refractivity contribution is 0.618. The first kappa shape index (κ1) is 10.8. The van der Waals surface area contributed by atoms with Crippen LogP contribution in [0.15, 0.2) is 48.7 Å². The lowest BCUT2D eigenvalue weighted by atomic mass is 10.1. The minimum absolute atomic E-state index is 0.209. The van der Waals surface area contributed by atoms with Gasteiger partial charge in [0.15, 0.2) is 5.82 Å². The maximum atomic E-state index is 13.2. The molecule has 0 aliphatic carbocycles. The van der Waals surface area contributed by atoms with E-state index < -0.39 is 0 Å². The number of hydrogen-bond donors (Lipinski definition) is 0. The van der Waals surface area contributed by atoms with Crippen molar-refractivity contribution in [2.75, 3.05) is 0 Å². The van der Waals surface area contributed by atoms with E-state index in [0.29, 0.717) is 11.4 Å². The van der Waals surface area contributed by atoms with Crippen LogP contribution in [-0.4, -0.2) is 9.97 Å². The smallest absolute Gasteiger partial charge is 0.159 e. The van der Waals surface area contributed by atoms with Gasteiger partial charge in [0.1, 0.15) is 5.82 Å². The second-order valence-electron chi connectivity index (χ2n) is 4.22. The molecule has 0 aliphatic heterocycles. The molecule has 3 heteroatoms. The highest BCUT2D eigenvalue weighted by molar-refractivity contribution is 5.79. The number of rotatable bonds is 1. The molecule has 3 rings (SSSR count). The Morgan fingerprint density at radius 2 is 1.89 bits per heavy atom. The third kappa shape index (κ3) is 1.84. The van der Waals surface area contributed by atoms with Crippen LogP contribution in [0.4, 0.5) is 4.39 Å². The van der Waals surface area contributed by atoms with E-state index in [1.807, 2.05) is 24.3 Å². The Balaban J connectivity index is 2.16. The lowest BCUT2D eigenvalue weighted by Crippen LogP contribution is -1.91. The molecule has 0 spiro atoms. The summed E-state index contributed by atoms with van der Waals surface area (Å²) < 4.78 is 13.2. The molecule has 0 unspecified atom stereocenters. The highest BCUT2D eigenvalue weighted by Gasteiger charge is 2.05. The quantitative estimate of drug-likeness (QED) is 0.645. The monoisotopic (exact) mass is 238 g/mol. The van der Waals surface area contributed by atoms with Crippen molar-refractivity contribution < 1.29 is 4.39 Å². The zero-order valence-corrected chi connectivity index (χ0v) is 9.89. The third-order valence-corrected chi connectivity index (χ3v) is 2.91. The molecule has 1 heterocycles. The predicted molar refractivity (Wildman–Crippen MR) is 69.7 cm³/mol. The van der Waals surface area contributed by atoms with Gasteiger partial charge in [-0.2, -0.15) is 0 Å². The molecule has 0 N–H and O–H groups in total. The van der Waals surface area contributed by atoms with Gasteiger partial charge in [0, 0.05) is 17.1 Å². The maximum absolute atomic E-state index is 13.2. The van der Waals surface area contributed by atoms with Crippen LogP contribution in [0, 0.1) is 12.7 Å². The molecule has 0 saturated carbocycles. The van der Waals surface area contributed by atoms with Crippen LogP contribution >= 0.6 is 0 Å². The van der Waals surface area contributed by atoms with E-state index in [1.54, 1.807) is 25.3 Å². The summed E-state index contributed by atoms with van der Waals surface area (Å²) in [5, 5.41) is 1.00. The Morgan fingerprint density at radius 3 is 2.72 bits per heavy atom. The summed E-state index contributed by atoms with van der Waals surface area (Å²) in [6.45, 7) is 1.74. The highest BCUT2D eigenvalue weighted by Crippen LogP contribution is 2.20. The number of benzene rings is 2. The minimum Gasteiger partial charge on any atom is -0.236 e. The van der Waals surface area contributed by atoms with Crippen molar-refractivity contribution in [2.24, 2.45) is 0 Å². The normalized spacial score (nSPS) is 10.8. The Labute approximate surface area is 104 Å². The molecule has 18 heavy (non-hydrogen) atoms. The fraction of sp³-hybridized carbons (Fsp3) is 0.0667. The van der Waals surface area contributed by atoms with Gasteiger partial charge in [-0.3, -0.25) is 0 Å². The Kier molecular flexibility index (Phi) is 2.52. The van der Waals surface area contributed by atoms with Crippen LogP contribution in [-0.2, 0) is 0 Å². The summed E-state index contributed by atoms with van der Waals surface area (Å²) in [6, 6.07) is 12.7. The Morgan fingerprint density at radius 1 is 1.06 bits per heavy atom. The van der Waals surface area contributed by atoms with E-state index in [2.05, 4.69) is 9.97 Å². The molecule has 0 atom stereocenters. The molecule has 2 nitrogen and oxygen atoms in total. The zero-order chi connectivity index (χ0) is 12.5. The molecule has 0 radical (unpaired) electrons. The van der Waals surface area contributed by atoms with Crippen molar-refractivity contribution in [3.05, 3.63) is 60.0 Å². The van der Waals surface area contributed by atoms with Crippen LogP contribution in [0.3, 0.4) is 0 Å². The summed E-state index contributed by atoms with van der Waals surface area (Å²) in [5.74, 6) is 0.413. The maximum Gasteiger partial charge on any atom is 0.159 e. The lowest BCUT2D eigenvalue weighted by Gasteiger charge is -2.03. The largest absolute Gasteiger partial charge is 0.236 e. The first-order valence-electron chi connectivity index (χ1n) is 5.72. The van der Waals surface area contributed by atoms with Gasteiger partial charge < -0.3 is 0 Å². The van der Waals surface area contributed by atoms with Crippen molar-refractivity contribution in [3.8, 4) is 11.4 Å². The van der Waals surface area contributed by atoms with Crippen molar-refractivity contribution in [1.29, 1.82) is 0 Å². The van der Waals surface area contributed by atoms with E-state index in [-0.39, 0.29) is 5.82 Å². The fourth-order valence-corrected chi connectivity index (χ4v) is 1.90. The molecule has 0 fully saturated rings. The van der Waals surface area contributed by atoms with Gasteiger partial charge in [0.25, 0.3) is 0 Å². The van der Waals surface area contributed by atoms with Crippen LogP contribution in [0.2, 0.25) is 0 Å². The summed E-state index contributed by atoms with van der Waals surface area (Å²) in [7, 11) is 0. The number of hydrogen-bond acceptors (Lipinski definition) is 2. The summed E-state index contributed by atoms with van der Waals surface area (Å²) >= 11 is 0.